The normalized spacial score (nSPS) is 16.2. The van der Waals surface area contributed by atoms with Gasteiger partial charge in [-0.2, -0.15) is 17.6 Å². The van der Waals surface area contributed by atoms with E-state index >= 15 is 0 Å². The van der Waals surface area contributed by atoms with E-state index in [4.69, 9.17) is 0 Å². The number of hydrogen-bond donors (Lipinski definition) is 1. The van der Waals surface area contributed by atoms with Crippen molar-refractivity contribution in [2.45, 2.75) is 19.0 Å². The lowest BCUT2D eigenvalue weighted by Gasteiger charge is -2.23. The quantitative estimate of drug-likeness (QED) is 0.867. The van der Waals surface area contributed by atoms with Gasteiger partial charge in [-0.05, 0) is 24.3 Å². The first-order chi connectivity index (χ1) is 9.21. The van der Waals surface area contributed by atoms with Crippen LogP contribution in [-0.2, 0) is 0 Å². The Morgan fingerprint density at radius 2 is 1.80 bits per heavy atom. The average molecular weight is 292 g/mol. The number of carbonyl (C=O) groups excluding carboxylic acids is 1. The molecule has 1 fully saturated rings. The minimum atomic E-state index is -4.60. The van der Waals surface area contributed by atoms with Crippen LogP contribution in [0.4, 0.5) is 28.0 Å². The second-order valence-corrected chi connectivity index (χ2v) is 4.38. The molecular formula is C12H12F4N2O2. The number of amides is 2. The number of nitrogens with one attached hydrogen (secondary N) is 1. The van der Waals surface area contributed by atoms with Crippen molar-refractivity contribution in [2.24, 2.45) is 0 Å². The maximum atomic E-state index is 13.0. The number of hydrogen-bond acceptors (Lipinski definition) is 2. The van der Waals surface area contributed by atoms with Crippen LogP contribution in [-0.4, -0.2) is 31.2 Å². The molecule has 2 rings (SSSR count). The second-order valence-electron chi connectivity index (χ2n) is 4.38. The molecule has 1 aromatic rings. The van der Waals surface area contributed by atoms with E-state index in [2.05, 4.69) is 10.1 Å². The minimum Gasteiger partial charge on any atom is -0.428 e. The molecule has 0 bridgehead atoms. The van der Waals surface area contributed by atoms with E-state index in [9.17, 15) is 22.4 Å². The first-order valence-electron chi connectivity index (χ1n) is 5.81. The highest BCUT2D eigenvalue weighted by atomic mass is 19.3. The molecule has 1 saturated heterocycles. The maximum absolute atomic E-state index is 13.0. The van der Waals surface area contributed by atoms with E-state index in [0.717, 1.165) is 12.1 Å². The summed E-state index contributed by atoms with van der Waals surface area (Å²) >= 11 is 0. The molecule has 4 nitrogen and oxygen atoms in total. The third-order valence-corrected chi connectivity index (χ3v) is 2.76. The van der Waals surface area contributed by atoms with Gasteiger partial charge < -0.3 is 10.1 Å². The van der Waals surface area contributed by atoms with Gasteiger partial charge in [-0.1, -0.05) is 0 Å². The Hall–Kier alpha value is -1.99. The lowest BCUT2D eigenvalue weighted by atomic mass is 10.2. The number of urea groups is 1. The Bertz CT molecular complexity index is 499. The second kappa shape index (κ2) is 4.84. The third kappa shape index (κ3) is 2.78. The van der Waals surface area contributed by atoms with Crippen molar-refractivity contribution in [3.63, 3.8) is 0 Å². The molecule has 0 radical (unpaired) electrons. The fourth-order valence-electron chi connectivity index (χ4n) is 1.65. The summed E-state index contributed by atoms with van der Waals surface area (Å²) in [4.78, 5) is 12.8. The summed E-state index contributed by atoms with van der Waals surface area (Å²) in [5, 5.41) is 2.58. The third-order valence-electron chi connectivity index (χ3n) is 2.76. The number of rotatable bonds is 4. The topological polar surface area (TPSA) is 41.6 Å². The van der Waals surface area contributed by atoms with E-state index in [1.807, 2.05) is 0 Å². The number of ether oxygens (including phenoxy) is 1. The van der Waals surface area contributed by atoms with Crippen molar-refractivity contribution >= 4 is 11.7 Å². The predicted molar refractivity (Wildman–Crippen MR) is 63.4 cm³/mol. The summed E-state index contributed by atoms with van der Waals surface area (Å²) in [5.74, 6) is -4.69. The smallest absolute Gasteiger partial charge is 0.428 e. The van der Waals surface area contributed by atoms with Crippen LogP contribution in [0, 0.1) is 0 Å². The van der Waals surface area contributed by atoms with Crippen LogP contribution < -0.4 is 15.0 Å². The molecule has 20 heavy (non-hydrogen) atoms. The van der Waals surface area contributed by atoms with Crippen molar-refractivity contribution in [3.8, 4) is 5.75 Å². The summed E-state index contributed by atoms with van der Waals surface area (Å²) in [6, 6.07) is 4.62. The SMILES string of the molecule is CC(F)(F)C(F)(F)Oc1ccc(N2CCNC2=O)cc1. The summed E-state index contributed by atoms with van der Waals surface area (Å²) < 4.78 is 55.3. The first-order valence-corrected chi connectivity index (χ1v) is 5.81. The number of alkyl halides is 4. The zero-order chi connectivity index (χ0) is 15.0. The molecule has 1 aromatic carbocycles. The summed E-state index contributed by atoms with van der Waals surface area (Å²) in [7, 11) is 0. The van der Waals surface area contributed by atoms with E-state index in [-0.39, 0.29) is 13.0 Å². The molecule has 0 spiro atoms. The van der Waals surface area contributed by atoms with Crippen LogP contribution in [0.1, 0.15) is 6.92 Å². The van der Waals surface area contributed by atoms with Crippen molar-refractivity contribution in [3.05, 3.63) is 24.3 Å². The predicted octanol–water partition coefficient (Wildman–Crippen LogP) is 2.84. The molecule has 1 aliphatic heterocycles. The number of nitrogens with zero attached hydrogens (tertiary/aromatic N) is 1. The molecule has 0 aliphatic carbocycles. The Morgan fingerprint density at radius 1 is 1.20 bits per heavy atom. The standard InChI is InChI=1S/C12H12F4N2O2/c1-11(13,14)12(15,16)20-9-4-2-8(3-5-9)18-7-6-17-10(18)19/h2-5H,6-7H2,1H3,(H,17,19). The van der Waals surface area contributed by atoms with Crippen LogP contribution in [0.25, 0.3) is 0 Å². The molecule has 1 aliphatic rings. The molecule has 0 aromatic heterocycles. The minimum absolute atomic E-state index is 0.0793. The maximum Gasteiger partial charge on any atom is 0.463 e. The van der Waals surface area contributed by atoms with Crippen LogP contribution in [0.5, 0.6) is 5.75 Å². The Labute approximate surface area is 112 Å². The Morgan fingerprint density at radius 3 is 2.25 bits per heavy atom. The van der Waals surface area contributed by atoms with Gasteiger partial charge in [-0.3, -0.25) is 4.90 Å². The highest BCUT2D eigenvalue weighted by Gasteiger charge is 2.55. The van der Waals surface area contributed by atoms with Gasteiger partial charge in [0.1, 0.15) is 5.75 Å². The van der Waals surface area contributed by atoms with Crippen LogP contribution in [0.2, 0.25) is 0 Å². The van der Waals surface area contributed by atoms with Gasteiger partial charge in [0.2, 0.25) is 0 Å². The van der Waals surface area contributed by atoms with Crippen LogP contribution in [0.15, 0.2) is 24.3 Å². The largest absolute Gasteiger partial charge is 0.463 e. The highest BCUT2D eigenvalue weighted by Crippen LogP contribution is 2.36. The van der Waals surface area contributed by atoms with Crippen molar-refractivity contribution in [1.82, 2.24) is 5.32 Å². The van der Waals surface area contributed by atoms with Crippen molar-refractivity contribution in [1.29, 1.82) is 0 Å². The zero-order valence-corrected chi connectivity index (χ0v) is 10.5. The van der Waals surface area contributed by atoms with E-state index < -0.39 is 17.8 Å². The average Bonchev–Trinajstić information content (AvgIpc) is 2.74. The molecule has 1 N–H and O–H groups in total. The summed E-state index contributed by atoms with van der Waals surface area (Å²) in [6.07, 6.45) is -4.60. The fraction of sp³-hybridized carbons (Fsp3) is 0.417. The van der Waals surface area contributed by atoms with Crippen molar-refractivity contribution < 1.29 is 27.1 Å². The molecule has 110 valence electrons. The van der Waals surface area contributed by atoms with E-state index in [1.54, 1.807) is 0 Å². The lowest BCUT2D eigenvalue weighted by molar-refractivity contribution is -0.301. The van der Waals surface area contributed by atoms with Gasteiger partial charge in [-0.15, -0.1) is 0 Å². The van der Waals surface area contributed by atoms with E-state index in [0.29, 0.717) is 18.8 Å². The van der Waals surface area contributed by atoms with Crippen LogP contribution in [0.3, 0.4) is 0 Å². The van der Waals surface area contributed by atoms with Gasteiger partial charge in [0.05, 0.1) is 0 Å². The monoisotopic (exact) mass is 292 g/mol. The molecule has 0 saturated carbocycles. The fourth-order valence-corrected chi connectivity index (χ4v) is 1.65. The van der Waals surface area contributed by atoms with Gasteiger partial charge >= 0.3 is 18.1 Å². The number of carbonyl (C=O) groups is 1. The van der Waals surface area contributed by atoms with Gasteiger partial charge in [0.15, 0.2) is 0 Å². The number of anilines is 1. The van der Waals surface area contributed by atoms with Gasteiger partial charge in [0.25, 0.3) is 0 Å². The molecule has 8 heteroatoms. The van der Waals surface area contributed by atoms with E-state index in [1.165, 1.54) is 17.0 Å². The Balaban J connectivity index is 2.11. The number of benzene rings is 1. The lowest BCUT2D eigenvalue weighted by Crippen LogP contribution is -2.42. The summed E-state index contributed by atoms with van der Waals surface area (Å²) in [5.41, 5.74) is 0.471. The number of halogens is 4. The van der Waals surface area contributed by atoms with Crippen LogP contribution >= 0.6 is 0 Å². The highest BCUT2D eigenvalue weighted by molar-refractivity contribution is 5.94. The molecule has 0 unspecified atom stereocenters. The van der Waals surface area contributed by atoms with Crippen molar-refractivity contribution in [2.75, 3.05) is 18.0 Å². The molecular weight excluding hydrogens is 280 g/mol. The Kier molecular flexibility index (Phi) is 3.49. The first kappa shape index (κ1) is 14.4. The van der Waals surface area contributed by atoms with Gasteiger partial charge in [-0.25, -0.2) is 4.79 Å². The molecule has 1 heterocycles. The van der Waals surface area contributed by atoms with Gasteiger partial charge in [0, 0.05) is 25.7 Å². The zero-order valence-electron chi connectivity index (χ0n) is 10.5. The summed E-state index contributed by atoms with van der Waals surface area (Å²) in [6.45, 7) is 1.01. The molecule has 0 atom stereocenters. The molecule has 2 amide bonds.